The summed E-state index contributed by atoms with van der Waals surface area (Å²) in [5, 5.41) is 0.713. The molecule has 1 aliphatic rings. The van der Waals surface area contributed by atoms with Gasteiger partial charge in [0, 0.05) is 6.20 Å². The third-order valence-corrected chi connectivity index (χ3v) is 2.38. The summed E-state index contributed by atoms with van der Waals surface area (Å²) >= 11 is 1.55. The van der Waals surface area contributed by atoms with E-state index in [1.807, 2.05) is 0 Å². The lowest BCUT2D eigenvalue weighted by atomic mass is 10.4. The van der Waals surface area contributed by atoms with Crippen molar-refractivity contribution in [2.75, 3.05) is 13.7 Å². The van der Waals surface area contributed by atoms with Crippen molar-refractivity contribution >= 4 is 11.3 Å². The summed E-state index contributed by atoms with van der Waals surface area (Å²) in [7, 11) is 1.62. The highest BCUT2D eigenvalue weighted by Gasteiger charge is 2.27. The molecule has 1 atom stereocenters. The zero-order valence-electron chi connectivity index (χ0n) is 5.53. The molecule has 0 amide bonds. The van der Waals surface area contributed by atoms with Gasteiger partial charge in [-0.2, -0.15) is 0 Å². The zero-order chi connectivity index (χ0) is 6.97. The Morgan fingerprint density at radius 1 is 1.90 bits per heavy atom. The van der Waals surface area contributed by atoms with Crippen molar-refractivity contribution in [3.8, 4) is 5.19 Å². The van der Waals surface area contributed by atoms with E-state index in [1.54, 1.807) is 24.6 Å². The van der Waals surface area contributed by atoms with Gasteiger partial charge in [-0.3, -0.25) is 0 Å². The molecule has 0 radical (unpaired) electrons. The van der Waals surface area contributed by atoms with E-state index in [2.05, 4.69) is 4.98 Å². The van der Waals surface area contributed by atoms with E-state index in [-0.39, 0.29) is 0 Å². The lowest BCUT2D eigenvalue weighted by Crippen LogP contribution is -1.76. The number of epoxide rings is 1. The number of thiazole rings is 1. The number of hydrogen-bond acceptors (Lipinski definition) is 4. The molecule has 0 saturated carbocycles. The molecule has 1 aromatic heterocycles. The minimum atomic E-state index is 0.307. The van der Waals surface area contributed by atoms with E-state index in [9.17, 15) is 0 Å². The van der Waals surface area contributed by atoms with Gasteiger partial charge in [0.05, 0.1) is 18.6 Å². The zero-order valence-corrected chi connectivity index (χ0v) is 6.35. The predicted octanol–water partition coefficient (Wildman–Crippen LogP) is 1.22. The Morgan fingerprint density at radius 2 is 2.70 bits per heavy atom. The average Bonchev–Trinajstić information content (AvgIpc) is 2.70. The van der Waals surface area contributed by atoms with Gasteiger partial charge in [-0.05, 0) is 0 Å². The van der Waals surface area contributed by atoms with Crippen molar-refractivity contribution in [2.45, 2.75) is 6.10 Å². The van der Waals surface area contributed by atoms with Crippen LogP contribution in [0.25, 0.3) is 0 Å². The maximum Gasteiger partial charge on any atom is 0.273 e. The molecule has 0 aliphatic carbocycles. The standard InChI is InChI=1S/C6H7NO2S/c1-8-6-7-2-5(10-6)4-3-9-4/h2,4H,3H2,1H3/t4-/m1/s1. The van der Waals surface area contributed by atoms with Crippen LogP contribution in [0.5, 0.6) is 5.19 Å². The summed E-state index contributed by atoms with van der Waals surface area (Å²) in [5.74, 6) is 0. The lowest BCUT2D eigenvalue weighted by molar-refractivity contribution is 0.412. The Labute approximate surface area is 62.6 Å². The third kappa shape index (κ3) is 0.998. The van der Waals surface area contributed by atoms with Gasteiger partial charge in [0.2, 0.25) is 0 Å². The molecule has 1 fully saturated rings. The molecule has 4 heteroatoms. The molecule has 1 aromatic rings. The summed E-state index contributed by atoms with van der Waals surface area (Å²) < 4.78 is 9.99. The van der Waals surface area contributed by atoms with Crippen LogP contribution in [-0.4, -0.2) is 18.7 Å². The van der Waals surface area contributed by atoms with Crippen molar-refractivity contribution in [1.82, 2.24) is 4.98 Å². The minimum absolute atomic E-state index is 0.307. The van der Waals surface area contributed by atoms with Crippen molar-refractivity contribution in [3.63, 3.8) is 0 Å². The fourth-order valence-electron chi connectivity index (χ4n) is 0.725. The smallest absolute Gasteiger partial charge is 0.273 e. The second kappa shape index (κ2) is 2.21. The summed E-state index contributed by atoms with van der Waals surface area (Å²) in [6.07, 6.45) is 2.11. The first kappa shape index (κ1) is 6.12. The second-order valence-electron chi connectivity index (χ2n) is 2.05. The topological polar surface area (TPSA) is 34.6 Å². The third-order valence-electron chi connectivity index (χ3n) is 1.33. The van der Waals surface area contributed by atoms with E-state index in [4.69, 9.17) is 9.47 Å². The number of rotatable bonds is 2. The van der Waals surface area contributed by atoms with Crippen LogP contribution in [0.3, 0.4) is 0 Å². The number of aromatic nitrogens is 1. The molecule has 2 heterocycles. The molecule has 0 N–H and O–H groups in total. The monoisotopic (exact) mass is 157 g/mol. The highest BCUT2D eigenvalue weighted by atomic mass is 32.1. The molecular formula is C6H7NO2S. The Bertz CT molecular complexity index is 231. The van der Waals surface area contributed by atoms with Crippen molar-refractivity contribution in [3.05, 3.63) is 11.1 Å². The SMILES string of the molecule is COc1ncc([C@H]2CO2)s1. The molecule has 3 nitrogen and oxygen atoms in total. The molecule has 1 aliphatic heterocycles. The number of ether oxygens (including phenoxy) is 2. The second-order valence-corrected chi connectivity index (χ2v) is 3.08. The quantitative estimate of drug-likeness (QED) is 0.605. The van der Waals surface area contributed by atoms with E-state index >= 15 is 0 Å². The van der Waals surface area contributed by atoms with Crippen LogP contribution >= 0.6 is 11.3 Å². The summed E-state index contributed by atoms with van der Waals surface area (Å²) in [4.78, 5) is 5.18. The molecule has 0 unspecified atom stereocenters. The van der Waals surface area contributed by atoms with Crippen LogP contribution < -0.4 is 4.74 Å². The van der Waals surface area contributed by atoms with Crippen LogP contribution in [0.4, 0.5) is 0 Å². The van der Waals surface area contributed by atoms with E-state index < -0.39 is 0 Å². The molecule has 0 bridgehead atoms. The van der Waals surface area contributed by atoms with Crippen LogP contribution in [0.2, 0.25) is 0 Å². The molecule has 54 valence electrons. The van der Waals surface area contributed by atoms with Gasteiger partial charge < -0.3 is 9.47 Å². The minimum Gasteiger partial charge on any atom is -0.473 e. The number of methoxy groups -OCH3 is 1. The summed E-state index contributed by atoms with van der Waals surface area (Å²) in [6, 6.07) is 0. The molecule has 0 spiro atoms. The van der Waals surface area contributed by atoms with Gasteiger partial charge in [-0.25, -0.2) is 4.98 Å². The fourth-order valence-corrected chi connectivity index (χ4v) is 1.49. The van der Waals surface area contributed by atoms with Crippen LogP contribution in [0.15, 0.2) is 6.20 Å². The average molecular weight is 157 g/mol. The van der Waals surface area contributed by atoms with Gasteiger partial charge in [0.25, 0.3) is 5.19 Å². The maximum absolute atomic E-state index is 5.07. The van der Waals surface area contributed by atoms with Crippen molar-refractivity contribution in [1.29, 1.82) is 0 Å². The molecule has 1 saturated heterocycles. The van der Waals surface area contributed by atoms with Crippen LogP contribution in [0.1, 0.15) is 11.0 Å². The number of nitrogens with zero attached hydrogens (tertiary/aromatic N) is 1. The van der Waals surface area contributed by atoms with Crippen molar-refractivity contribution in [2.24, 2.45) is 0 Å². The Hall–Kier alpha value is -0.610. The van der Waals surface area contributed by atoms with Crippen LogP contribution in [-0.2, 0) is 4.74 Å². The number of hydrogen-bond donors (Lipinski definition) is 0. The van der Waals surface area contributed by atoms with Gasteiger partial charge in [-0.15, -0.1) is 0 Å². The first-order valence-electron chi connectivity index (χ1n) is 3.01. The Morgan fingerprint density at radius 3 is 3.20 bits per heavy atom. The van der Waals surface area contributed by atoms with Crippen LogP contribution in [0, 0.1) is 0 Å². The lowest BCUT2D eigenvalue weighted by Gasteiger charge is -1.86. The fraction of sp³-hybridized carbons (Fsp3) is 0.500. The molecular weight excluding hydrogens is 150 g/mol. The van der Waals surface area contributed by atoms with Gasteiger partial charge >= 0.3 is 0 Å². The first-order chi connectivity index (χ1) is 4.90. The molecule has 2 rings (SSSR count). The normalized spacial score (nSPS) is 22.7. The molecule has 0 aromatic carbocycles. The molecule has 10 heavy (non-hydrogen) atoms. The van der Waals surface area contributed by atoms with E-state index in [1.165, 1.54) is 0 Å². The van der Waals surface area contributed by atoms with Gasteiger partial charge in [-0.1, -0.05) is 11.3 Å². The first-order valence-corrected chi connectivity index (χ1v) is 3.83. The van der Waals surface area contributed by atoms with Gasteiger partial charge in [0.1, 0.15) is 6.10 Å². The maximum atomic E-state index is 5.07. The summed E-state index contributed by atoms with van der Waals surface area (Å²) in [6.45, 7) is 0.839. The predicted molar refractivity (Wildman–Crippen MR) is 37.4 cm³/mol. The summed E-state index contributed by atoms with van der Waals surface area (Å²) in [5.41, 5.74) is 0. The highest BCUT2D eigenvalue weighted by Crippen LogP contribution is 2.35. The Balaban J connectivity index is 2.19. The van der Waals surface area contributed by atoms with Gasteiger partial charge in [0.15, 0.2) is 0 Å². The highest BCUT2D eigenvalue weighted by molar-refractivity contribution is 7.13. The van der Waals surface area contributed by atoms with E-state index in [0.717, 1.165) is 11.5 Å². The van der Waals surface area contributed by atoms with E-state index in [0.29, 0.717) is 11.3 Å². The van der Waals surface area contributed by atoms with Crippen molar-refractivity contribution < 1.29 is 9.47 Å². The largest absolute Gasteiger partial charge is 0.473 e. The Kier molecular flexibility index (Phi) is 1.35.